The summed E-state index contributed by atoms with van der Waals surface area (Å²) in [7, 11) is 2.49. The second kappa shape index (κ2) is 7.73. The third-order valence-corrected chi connectivity index (χ3v) is 3.67. The lowest BCUT2D eigenvalue weighted by molar-refractivity contribution is -0.118. The van der Waals surface area contributed by atoms with E-state index >= 15 is 0 Å². The van der Waals surface area contributed by atoms with Crippen LogP contribution in [0.2, 0.25) is 0 Å². The summed E-state index contributed by atoms with van der Waals surface area (Å²) in [6.07, 6.45) is 2.79. The number of hydrogen-bond donors (Lipinski definition) is 2. The zero-order valence-corrected chi connectivity index (χ0v) is 13.2. The molecule has 0 aliphatic carbocycles. The van der Waals surface area contributed by atoms with Crippen LogP contribution in [0.25, 0.3) is 0 Å². The van der Waals surface area contributed by atoms with E-state index < -0.39 is 11.9 Å². The van der Waals surface area contributed by atoms with Gasteiger partial charge in [-0.15, -0.1) is 0 Å². The van der Waals surface area contributed by atoms with Crippen molar-refractivity contribution in [2.45, 2.75) is 25.3 Å². The zero-order valence-electron chi connectivity index (χ0n) is 13.2. The minimum Gasteiger partial charge on any atom is -0.465 e. The maximum atomic E-state index is 12.3. The van der Waals surface area contributed by atoms with E-state index in [1.165, 1.54) is 32.4 Å². The number of ether oxygens (including phenoxy) is 2. The van der Waals surface area contributed by atoms with Crippen molar-refractivity contribution >= 4 is 23.5 Å². The van der Waals surface area contributed by atoms with Crippen LogP contribution in [0.3, 0.4) is 0 Å². The van der Waals surface area contributed by atoms with Crippen molar-refractivity contribution in [3.63, 3.8) is 0 Å². The highest BCUT2D eigenvalue weighted by atomic mass is 16.5. The fraction of sp³-hybridized carbons (Fsp3) is 0.438. The normalized spacial score (nSPS) is 17.2. The van der Waals surface area contributed by atoms with Crippen LogP contribution in [0.5, 0.6) is 0 Å². The molecule has 0 bridgehead atoms. The topological polar surface area (TPSA) is 93.7 Å². The lowest BCUT2D eigenvalue weighted by Gasteiger charge is -2.22. The molecule has 1 aromatic rings. The number of methoxy groups -OCH3 is 2. The number of nitrogens with one attached hydrogen (secondary N) is 2. The summed E-state index contributed by atoms with van der Waals surface area (Å²) in [4.78, 5) is 35.7. The summed E-state index contributed by atoms with van der Waals surface area (Å²) in [6, 6.07) is 4.04. The Morgan fingerprint density at radius 3 is 2.13 bits per heavy atom. The van der Waals surface area contributed by atoms with Crippen molar-refractivity contribution in [3.8, 4) is 0 Å². The Hall–Kier alpha value is -2.41. The summed E-state index contributed by atoms with van der Waals surface area (Å²) in [5.74, 6) is -1.38. The molecular weight excluding hydrogens is 300 g/mol. The molecule has 124 valence electrons. The quantitative estimate of drug-likeness (QED) is 0.813. The number of rotatable bonds is 4. The monoisotopic (exact) mass is 320 g/mol. The van der Waals surface area contributed by atoms with Crippen molar-refractivity contribution in [3.05, 3.63) is 29.3 Å². The summed E-state index contributed by atoms with van der Waals surface area (Å²) in [5.41, 5.74) is 0.690. The smallest absolute Gasteiger partial charge is 0.337 e. The van der Waals surface area contributed by atoms with Crippen molar-refractivity contribution < 1.29 is 23.9 Å². The number of piperidine rings is 1. The van der Waals surface area contributed by atoms with Gasteiger partial charge in [0.05, 0.1) is 31.4 Å². The average Bonchev–Trinajstić information content (AvgIpc) is 2.60. The van der Waals surface area contributed by atoms with Gasteiger partial charge in [0.2, 0.25) is 5.91 Å². The summed E-state index contributed by atoms with van der Waals surface area (Å²) >= 11 is 0. The number of anilines is 1. The minimum absolute atomic E-state index is 0.169. The van der Waals surface area contributed by atoms with Gasteiger partial charge in [0, 0.05) is 5.69 Å². The van der Waals surface area contributed by atoms with Gasteiger partial charge in [0.15, 0.2) is 0 Å². The molecule has 7 nitrogen and oxygen atoms in total. The molecule has 1 aliphatic rings. The van der Waals surface area contributed by atoms with Crippen molar-refractivity contribution in [1.29, 1.82) is 0 Å². The predicted molar refractivity (Wildman–Crippen MR) is 83.4 cm³/mol. The van der Waals surface area contributed by atoms with Crippen molar-refractivity contribution in [2.24, 2.45) is 0 Å². The van der Waals surface area contributed by atoms with Crippen LogP contribution in [0.4, 0.5) is 5.69 Å². The lowest BCUT2D eigenvalue weighted by Crippen LogP contribution is -2.43. The van der Waals surface area contributed by atoms with Gasteiger partial charge in [-0.25, -0.2) is 9.59 Å². The molecule has 2 N–H and O–H groups in total. The first kappa shape index (κ1) is 17.0. The van der Waals surface area contributed by atoms with E-state index in [1.807, 2.05) is 0 Å². The molecular formula is C16H20N2O5. The molecule has 1 atom stereocenters. The third kappa shape index (κ3) is 4.29. The van der Waals surface area contributed by atoms with Crippen molar-refractivity contribution in [2.75, 3.05) is 26.1 Å². The van der Waals surface area contributed by atoms with Crippen LogP contribution in [0.1, 0.15) is 40.0 Å². The summed E-state index contributed by atoms with van der Waals surface area (Å²) in [6.45, 7) is 0.799. The number of carbonyl (C=O) groups is 3. The Kier molecular flexibility index (Phi) is 5.70. The fourth-order valence-electron chi connectivity index (χ4n) is 2.48. The van der Waals surface area contributed by atoms with Gasteiger partial charge in [-0.2, -0.15) is 0 Å². The molecule has 2 rings (SSSR count). The molecule has 1 fully saturated rings. The third-order valence-electron chi connectivity index (χ3n) is 3.67. The van der Waals surface area contributed by atoms with Crippen LogP contribution in [-0.2, 0) is 14.3 Å². The second-order valence-corrected chi connectivity index (χ2v) is 5.27. The van der Waals surface area contributed by atoms with Crippen LogP contribution in [0.15, 0.2) is 18.2 Å². The van der Waals surface area contributed by atoms with E-state index in [0.717, 1.165) is 25.8 Å². The molecule has 0 spiro atoms. The van der Waals surface area contributed by atoms with Crippen LogP contribution in [0, 0.1) is 0 Å². The van der Waals surface area contributed by atoms with E-state index in [0.29, 0.717) is 5.69 Å². The van der Waals surface area contributed by atoms with Gasteiger partial charge in [0.25, 0.3) is 0 Å². The number of hydrogen-bond acceptors (Lipinski definition) is 6. The highest BCUT2D eigenvalue weighted by Gasteiger charge is 2.21. The molecule has 7 heteroatoms. The SMILES string of the molecule is COC(=O)c1cc(NC(=O)[C@@H]2CCCCN2)cc(C(=O)OC)c1. The Bertz CT molecular complexity index is 574. The first-order valence-corrected chi connectivity index (χ1v) is 7.41. The maximum Gasteiger partial charge on any atom is 0.337 e. The fourth-order valence-corrected chi connectivity index (χ4v) is 2.48. The van der Waals surface area contributed by atoms with E-state index in [2.05, 4.69) is 20.1 Å². The first-order chi connectivity index (χ1) is 11.0. The molecule has 1 aliphatic heterocycles. The van der Waals surface area contributed by atoms with Gasteiger partial charge < -0.3 is 20.1 Å². The van der Waals surface area contributed by atoms with E-state index in [9.17, 15) is 14.4 Å². The molecule has 1 amide bonds. The molecule has 0 saturated carbocycles. The van der Waals surface area contributed by atoms with Crippen LogP contribution < -0.4 is 10.6 Å². The molecule has 1 saturated heterocycles. The molecule has 0 unspecified atom stereocenters. The van der Waals surface area contributed by atoms with Gasteiger partial charge in [-0.05, 0) is 37.6 Å². The number of carbonyl (C=O) groups excluding carboxylic acids is 3. The molecule has 1 aromatic carbocycles. The van der Waals surface area contributed by atoms with Gasteiger partial charge in [-0.1, -0.05) is 6.42 Å². The van der Waals surface area contributed by atoms with Crippen LogP contribution in [-0.4, -0.2) is 44.7 Å². The average molecular weight is 320 g/mol. The Labute approximate surface area is 134 Å². The maximum absolute atomic E-state index is 12.3. The Morgan fingerprint density at radius 2 is 1.65 bits per heavy atom. The second-order valence-electron chi connectivity index (χ2n) is 5.27. The van der Waals surface area contributed by atoms with Crippen LogP contribution >= 0.6 is 0 Å². The number of benzene rings is 1. The van der Waals surface area contributed by atoms with Gasteiger partial charge >= 0.3 is 11.9 Å². The van der Waals surface area contributed by atoms with Crippen molar-refractivity contribution in [1.82, 2.24) is 5.32 Å². The Balaban J connectivity index is 2.23. The highest BCUT2D eigenvalue weighted by molar-refractivity contribution is 6.00. The van der Waals surface area contributed by atoms with Gasteiger partial charge in [-0.3, -0.25) is 4.79 Å². The largest absolute Gasteiger partial charge is 0.465 e. The number of amides is 1. The standard InChI is InChI=1S/C16H20N2O5/c1-22-15(20)10-7-11(16(21)23-2)9-12(8-10)18-14(19)13-5-3-4-6-17-13/h7-9,13,17H,3-6H2,1-2H3,(H,18,19)/t13-/m0/s1. The Morgan fingerprint density at radius 1 is 1.04 bits per heavy atom. The molecule has 1 heterocycles. The molecule has 23 heavy (non-hydrogen) atoms. The molecule has 0 aromatic heterocycles. The van der Waals surface area contributed by atoms with E-state index in [-0.39, 0.29) is 23.1 Å². The first-order valence-electron chi connectivity index (χ1n) is 7.41. The number of esters is 2. The van der Waals surface area contributed by atoms with E-state index in [1.54, 1.807) is 0 Å². The molecule has 0 radical (unpaired) electrons. The minimum atomic E-state index is -0.595. The highest BCUT2D eigenvalue weighted by Crippen LogP contribution is 2.18. The van der Waals surface area contributed by atoms with E-state index in [4.69, 9.17) is 0 Å². The predicted octanol–water partition coefficient (Wildman–Crippen LogP) is 1.34. The lowest BCUT2D eigenvalue weighted by atomic mass is 10.0. The summed E-state index contributed by atoms with van der Waals surface area (Å²) in [5, 5.41) is 5.87. The summed E-state index contributed by atoms with van der Waals surface area (Å²) < 4.78 is 9.33. The zero-order chi connectivity index (χ0) is 16.8. The van der Waals surface area contributed by atoms with Gasteiger partial charge in [0.1, 0.15) is 0 Å².